The van der Waals surface area contributed by atoms with Gasteiger partial charge in [-0.1, -0.05) is 22.9 Å². The van der Waals surface area contributed by atoms with E-state index in [1.54, 1.807) is 12.3 Å². The van der Waals surface area contributed by atoms with Crippen LogP contribution in [0.1, 0.15) is 24.1 Å². The number of pyridine rings is 1. The monoisotopic (exact) mass is 326 g/mol. The Morgan fingerprint density at radius 3 is 2.68 bits per heavy atom. The number of aromatic nitrogens is 1. The van der Waals surface area contributed by atoms with Crippen LogP contribution in [0.4, 0.5) is 8.78 Å². The van der Waals surface area contributed by atoms with E-state index in [9.17, 15) is 8.78 Å². The van der Waals surface area contributed by atoms with Gasteiger partial charge in [0.25, 0.3) is 0 Å². The number of benzene rings is 1. The molecule has 1 unspecified atom stereocenters. The number of hydrogen-bond donors (Lipinski definition) is 1. The highest BCUT2D eigenvalue weighted by atomic mass is 79.9. The van der Waals surface area contributed by atoms with E-state index < -0.39 is 5.82 Å². The van der Waals surface area contributed by atoms with Gasteiger partial charge in [-0.2, -0.15) is 0 Å². The summed E-state index contributed by atoms with van der Waals surface area (Å²) in [6.07, 6.45) is 2.72. The summed E-state index contributed by atoms with van der Waals surface area (Å²) in [5.41, 5.74) is 1.38. The number of nitrogens with one attached hydrogen (secondary N) is 1. The first-order valence-corrected chi connectivity index (χ1v) is 6.70. The minimum absolute atomic E-state index is 0.307. The molecular formula is C14H13BrF2N2. The van der Waals surface area contributed by atoms with Crippen molar-refractivity contribution >= 4 is 15.9 Å². The minimum Gasteiger partial charge on any atom is -0.306 e. The summed E-state index contributed by atoms with van der Waals surface area (Å²) < 4.78 is 27.5. The van der Waals surface area contributed by atoms with Crippen molar-refractivity contribution in [3.63, 3.8) is 0 Å². The third kappa shape index (κ3) is 3.36. The van der Waals surface area contributed by atoms with Crippen LogP contribution >= 0.6 is 15.9 Å². The fourth-order valence-corrected chi connectivity index (χ4v) is 2.41. The zero-order valence-electron chi connectivity index (χ0n) is 10.3. The van der Waals surface area contributed by atoms with Crippen LogP contribution in [0.15, 0.2) is 41.1 Å². The zero-order chi connectivity index (χ0) is 13.8. The molecule has 100 valence electrons. The Morgan fingerprint density at radius 1 is 1.21 bits per heavy atom. The van der Waals surface area contributed by atoms with Crippen molar-refractivity contribution in [1.82, 2.24) is 10.3 Å². The highest BCUT2D eigenvalue weighted by Gasteiger charge is 2.17. The average Bonchev–Trinajstić information content (AvgIpc) is 2.39. The van der Waals surface area contributed by atoms with Gasteiger partial charge in [0.15, 0.2) is 0 Å². The van der Waals surface area contributed by atoms with Gasteiger partial charge in [0, 0.05) is 10.7 Å². The van der Waals surface area contributed by atoms with E-state index in [1.165, 1.54) is 18.2 Å². The summed E-state index contributed by atoms with van der Waals surface area (Å²) in [5, 5.41) is 3.21. The third-order valence-corrected chi connectivity index (χ3v) is 3.46. The Bertz CT molecular complexity index is 575. The van der Waals surface area contributed by atoms with E-state index in [0.717, 1.165) is 10.7 Å². The number of hydrogen-bond acceptors (Lipinski definition) is 2. The molecule has 0 aliphatic rings. The molecule has 0 fully saturated rings. The molecule has 5 heteroatoms. The maximum atomic E-state index is 13.4. The molecule has 1 heterocycles. The van der Waals surface area contributed by atoms with Crippen molar-refractivity contribution in [3.8, 4) is 0 Å². The van der Waals surface area contributed by atoms with Crippen LogP contribution in [0.3, 0.4) is 0 Å². The van der Waals surface area contributed by atoms with Gasteiger partial charge >= 0.3 is 0 Å². The van der Waals surface area contributed by atoms with Crippen LogP contribution in [0, 0.1) is 11.6 Å². The predicted molar refractivity (Wildman–Crippen MR) is 73.8 cm³/mol. The Kier molecular flexibility index (Phi) is 4.61. The SMILES string of the molecule is CCNC(c1cncc(F)c1)c1cc(F)ccc1Br. The molecule has 1 aromatic heterocycles. The summed E-state index contributed by atoms with van der Waals surface area (Å²) in [5.74, 6) is -0.738. The molecule has 0 saturated carbocycles. The van der Waals surface area contributed by atoms with Crippen LogP contribution in [0.5, 0.6) is 0 Å². The van der Waals surface area contributed by atoms with Crippen molar-refractivity contribution in [3.05, 3.63) is 63.9 Å². The van der Waals surface area contributed by atoms with Crippen LogP contribution in [-0.4, -0.2) is 11.5 Å². The van der Waals surface area contributed by atoms with Crippen LogP contribution in [0.25, 0.3) is 0 Å². The summed E-state index contributed by atoms with van der Waals surface area (Å²) in [4.78, 5) is 3.84. The molecular weight excluding hydrogens is 314 g/mol. The smallest absolute Gasteiger partial charge is 0.141 e. The third-order valence-electron chi connectivity index (χ3n) is 2.74. The lowest BCUT2D eigenvalue weighted by atomic mass is 10.00. The normalized spacial score (nSPS) is 12.4. The molecule has 0 aliphatic heterocycles. The molecule has 0 saturated heterocycles. The minimum atomic E-state index is -0.409. The van der Waals surface area contributed by atoms with Crippen molar-refractivity contribution in [2.45, 2.75) is 13.0 Å². The molecule has 1 aromatic carbocycles. The molecule has 2 rings (SSSR count). The molecule has 0 bridgehead atoms. The second-order valence-corrected chi connectivity index (χ2v) is 4.95. The predicted octanol–water partition coefficient (Wildman–Crippen LogP) is 3.82. The van der Waals surface area contributed by atoms with Gasteiger partial charge in [-0.15, -0.1) is 0 Å². The van der Waals surface area contributed by atoms with E-state index in [-0.39, 0.29) is 11.9 Å². The van der Waals surface area contributed by atoms with Crippen LogP contribution < -0.4 is 5.32 Å². The number of rotatable bonds is 4. The first kappa shape index (κ1) is 14.1. The van der Waals surface area contributed by atoms with Gasteiger partial charge in [0.2, 0.25) is 0 Å². The Hall–Kier alpha value is -1.33. The first-order chi connectivity index (χ1) is 9.11. The molecule has 19 heavy (non-hydrogen) atoms. The van der Waals surface area contributed by atoms with Gasteiger partial charge in [0.1, 0.15) is 11.6 Å². The molecule has 0 spiro atoms. The summed E-state index contributed by atoms with van der Waals surface area (Å²) >= 11 is 3.40. The molecule has 2 nitrogen and oxygen atoms in total. The maximum absolute atomic E-state index is 13.4. The Balaban J connectivity index is 2.48. The van der Waals surface area contributed by atoms with Gasteiger partial charge in [-0.3, -0.25) is 4.98 Å². The van der Waals surface area contributed by atoms with Gasteiger partial charge in [-0.25, -0.2) is 8.78 Å². The molecule has 0 aliphatic carbocycles. The highest BCUT2D eigenvalue weighted by Crippen LogP contribution is 2.29. The largest absolute Gasteiger partial charge is 0.306 e. The van der Waals surface area contributed by atoms with E-state index in [4.69, 9.17) is 0 Å². The lowest BCUT2D eigenvalue weighted by Crippen LogP contribution is -2.22. The molecule has 0 radical (unpaired) electrons. The molecule has 1 N–H and O–H groups in total. The van der Waals surface area contributed by atoms with E-state index in [2.05, 4.69) is 26.2 Å². The second-order valence-electron chi connectivity index (χ2n) is 4.09. The Labute approximate surface area is 119 Å². The van der Waals surface area contributed by atoms with Crippen LogP contribution in [0.2, 0.25) is 0 Å². The maximum Gasteiger partial charge on any atom is 0.141 e. The summed E-state index contributed by atoms with van der Waals surface area (Å²) in [6.45, 7) is 2.61. The zero-order valence-corrected chi connectivity index (χ0v) is 11.9. The standard InChI is InChI=1S/C14H13BrF2N2/c1-2-19-14(9-5-11(17)8-18-7-9)12-6-10(16)3-4-13(12)15/h3-8,14,19H,2H2,1H3. The van der Waals surface area contributed by atoms with Gasteiger partial charge in [-0.05, 0) is 41.9 Å². The second kappa shape index (κ2) is 6.21. The quantitative estimate of drug-likeness (QED) is 0.923. The fraction of sp³-hybridized carbons (Fsp3) is 0.214. The number of halogens is 3. The highest BCUT2D eigenvalue weighted by molar-refractivity contribution is 9.10. The number of nitrogens with zero attached hydrogens (tertiary/aromatic N) is 1. The summed E-state index contributed by atoms with van der Waals surface area (Å²) in [6, 6.07) is 5.54. The van der Waals surface area contributed by atoms with Gasteiger partial charge in [0.05, 0.1) is 12.2 Å². The van der Waals surface area contributed by atoms with Crippen molar-refractivity contribution in [1.29, 1.82) is 0 Å². The lowest BCUT2D eigenvalue weighted by Gasteiger charge is -2.20. The average molecular weight is 327 g/mol. The van der Waals surface area contributed by atoms with E-state index in [1.807, 2.05) is 6.92 Å². The topological polar surface area (TPSA) is 24.9 Å². The first-order valence-electron chi connectivity index (χ1n) is 5.90. The van der Waals surface area contributed by atoms with Crippen molar-refractivity contribution in [2.24, 2.45) is 0 Å². The fourth-order valence-electron chi connectivity index (χ4n) is 1.93. The van der Waals surface area contributed by atoms with Crippen molar-refractivity contribution in [2.75, 3.05) is 6.54 Å². The van der Waals surface area contributed by atoms with E-state index >= 15 is 0 Å². The van der Waals surface area contributed by atoms with Crippen LogP contribution in [-0.2, 0) is 0 Å². The molecule has 0 amide bonds. The molecule has 2 aromatic rings. The summed E-state index contributed by atoms with van der Waals surface area (Å²) in [7, 11) is 0. The van der Waals surface area contributed by atoms with Gasteiger partial charge < -0.3 is 5.32 Å². The van der Waals surface area contributed by atoms with Crippen molar-refractivity contribution < 1.29 is 8.78 Å². The Morgan fingerprint density at radius 2 is 2.00 bits per heavy atom. The van der Waals surface area contributed by atoms with E-state index in [0.29, 0.717) is 17.7 Å². The lowest BCUT2D eigenvalue weighted by molar-refractivity contribution is 0.586. The molecule has 1 atom stereocenters.